The standard InChI is InChI=1S/C15H18N4OS/c1-2-13-16-15(18-17-13)21-10-14(20)19-8-7-11-5-3-4-6-12(11)9-19/h3-6H,2,7-10H2,1H3,(H,16,17,18). The number of aryl methyl sites for hydroxylation is 1. The molecule has 0 bridgehead atoms. The van der Waals surface area contributed by atoms with Crippen molar-refractivity contribution in [3.63, 3.8) is 0 Å². The highest BCUT2D eigenvalue weighted by Crippen LogP contribution is 2.20. The molecule has 2 aromatic rings. The third-order valence-corrected chi connectivity index (χ3v) is 4.49. The molecule has 0 radical (unpaired) electrons. The average molecular weight is 302 g/mol. The van der Waals surface area contributed by atoms with Gasteiger partial charge in [0.15, 0.2) is 0 Å². The first kappa shape index (κ1) is 14.1. The van der Waals surface area contributed by atoms with Gasteiger partial charge < -0.3 is 4.90 Å². The van der Waals surface area contributed by atoms with Crippen LogP contribution in [0.3, 0.4) is 0 Å². The lowest BCUT2D eigenvalue weighted by atomic mass is 10.00. The molecule has 1 aromatic heterocycles. The molecule has 0 fully saturated rings. The number of nitrogens with zero attached hydrogens (tertiary/aromatic N) is 3. The number of hydrogen-bond donors (Lipinski definition) is 1. The molecule has 0 saturated carbocycles. The number of carbonyl (C=O) groups is 1. The highest BCUT2D eigenvalue weighted by atomic mass is 32.2. The Balaban J connectivity index is 1.57. The Morgan fingerprint density at radius 3 is 2.95 bits per heavy atom. The molecule has 1 amide bonds. The molecule has 6 heteroatoms. The summed E-state index contributed by atoms with van der Waals surface area (Å²) in [7, 11) is 0. The molecule has 0 spiro atoms. The van der Waals surface area contributed by atoms with Crippen molar-refractivity contribution in [2.75, 3.05) is 12.3 Å². The first-order valence-corrected chi connectivity index (χ1v) is 8.13. The monoisotopic (exact) mass is 302 g/mol. The topological polar surface area (TPSA) is 61.9 Å². The van der Waals surface area contributed by atoms with Gasteiger partial charge in [-0.05, 0) is 17.5 Å². The summed E-state index contributed by atoms with van der Waals surface area (Å²) < 4.78 is 0. The van der Waals surface area contributed by atoms with E-state index in [2.05, 4.69) is 33.4 Å². The number of rotatable bonds is 4. The quantitative estimate of drug-likeness (QED) is 0.878. The fourth-order valence-electron chi connectivity index (χ4n) is 2.43. The SMILES string of the molecule is CCc1nc(SCC(=O)N2CCc3ccccc3C2)n[nH]1. The van der Waals surface area contributed by atoms with E-state index in [-0.39, 0.29) is 5.91 Å². The molecular weight excluding hydrogens is 284 g/mol. The smallest absolute Gasteiger partial charge is 0.233 e. The van der Waals surface area contributed by atoms with E-state index in [0.717, 1.165) is 25.2 Å². The van der Waals surface area contributed by atoms with E-state index in [1.807, 2.05) is 17.9 Å². The lowest BCUT2D eigenvalue weighted by Gasteiger charge is -2.28. The second-order valence-corrected chi connectivity index (χ2v) is 5.98. The number of benzene rings is 1. The van der Waals surface area contributed by atoms with Gasteiger partial charge >= 0.3 is 0 Å². The zero-order chi connectivity index (χ0) is 14.7. The van der Waals surface area contributed by atoms with Gasteiger partial charge in [0.1, 0.15) is 5.82 Å². The average Bonchev–Trinajstić information content (AvgIpc) is 3.00. The summed E-state index contributed by atoms with van der Waals surface area (Å²) in [6.07, 6.45) is 1.76. The van der Waals surface area contributed by atoms with Gasteiger partial charge in [0.25, 0.3) is 0 Å². The number of carbonyl (C=O) groups excluding carboxylic acids is 1. The second kappa shape index (κ2) is 6.30. The van der Waals surface area contributed by atoms with E-state index in [1.54, 1.807) is 0 Å². The Labute approximate surface area is 128 Å². The van der Waals surface area contributed by atoms with Gasteiger partial charge in [-0.3, -0.25) is 9.89 Å². The maximum absolute atomic E-state index is 12.3. The van der Waals surface area contributed by atoms with Crippen LogP contribution in [0.2, 0.25) is 0 Å². The molecule has 2 heterocycles. The number of nitrogens with one attached hydrogen (secondary N) is 1. The Hall–Kier alpha value is -1.82. The summed E-state index contributed by atoms with van der Waals surface area (Å²) in [5.74, 6) is 1.40. The minimum atomic E-state index is 0.150. The fourth-order valence-corrected chi connectivity index (χ4v) is 3.15. The molecule has 1 aromatic carbocycles. The van der Waals surface area contributed by atoms with Crippen LogP contribution in [0.4, 0.5) is 0 Å². The van der Waals surface area contributed by atoms with Crippen LogP contribution in [0.15, 0.2) is 29.4 Å². The van der Waals surface area contributed by atoms with Gasteiger partial charge in [-0.2, -0.15) is 0 Å². The van der Waals surface area contributed by atoms with Crippen molar-refractivity contribution < 1.29 is 4.79 Å². The molecule has 1 aliphatic rings. The third kappa shape index (κ3) is 3.26. The van der Waals surface area contributed by atoms with Gasteiger partial charge in [0, 0.05) is 19.5 Å². The minimum absolute atomic E-state index is 0.150. The molecule has 3 rings (SSSR count). The molecule has 1 aliphatic heterocycles. The van der Waals surface area contributed by atoms with Crippen LogP contribution in [0.5, 0.6) is 0 Å². The number of hydrogen-bond acceptors (Lipinski definition) is 4. The molecule has 0 unspecified atom stereocenters. The highest BCUT2D eigenvalue weighted by molar-refractivity contribution is 7.99. The normalized spacial score (nSPS) is 14.0. The van der Waals surface area contributed by atoms with Crippen molar-refractivity contribution in [1.82, 2.24) is 20.1 Å². The van der Waals surface area contributed by atoms with Crippen molar-refractivity contribution in [2.45, 2.75) is 31.5 Å². The predicted molar refractivity (Wildman–Crippen MR) is 82.0 cm³/mol. The van der Waals surface area contributed by atoms with Crippen LogP contribution in [0, 0.1) is 0 Å². The molecule has 0 saturated heterocycles. The Morgan fingerprint density at radius 2 is 2.19 bits per heavy atom. The zero-order valence-corrected chi connectivity index (χ0v) is 12.8. The van der Waals surface area contributed by atoms with Crippen LogP contribution in [-0.2, 0) is 24.2 Å². The number of aromatic amines is 1. The molecule has 1 N–H and O–H groups in total. The summed E-state index contributed by atoms with van der Waals surface area (Å²) in [5.41, 5.74) is 2.61. The van der Waals surface area contributed by atoms with Gasteiger partial charge in [-0.1, -0.05) is 43.0 Å². The zero-order valence-electron chi connectivity index (χ0n) is 12.0. The maximum Gasteiger partial charge on any atom is 0.233 e. The molecular formula is C15H18N4OS. The minimum Gasteiger partial charge on any atom is -0.337 e. The molecule has 110 valence electrons. The molecule has 0 aliphatic carbocycles. The van der Waals surface area contributed by atoms with Crippen LogP contribution in [0.25, 0.3) is 0 Å². The van der Waals surface area contributed by atoms with E-state index in [0.29, 0.717) is 17.5 Å². The largest absolute Gasteiger partial charge is 0.337 e. The van der Waals surface area contributed by atoms with Crippen molar-refractivity contribution >= 4 is 17.7 Å². The molecule has 5 nitrogen and oxygen atoms in total. The van der Waals surface area contributed by atoms with Crippen molar-refractivity contribution in [2.24, 2.45) is 0 Å². The van der Waals surface area contributed by atoms with Gasteiger partial charge in [-0.15, -0.1) is 5.10 Å². The van der Waals surface area contributed by atoms with Crippen molar-refractivity contribution in [3.8, 4) is 0 Å². The summed E-state index contributed by atoms with van der Waals surface area (Å²) in [5, 5.41) is 7.61. The first-order valence-electron chi connectivity index (χ1n) is 7.15. The van der Waals surface area contributed by atoms with Crippen molar-refractivity contribution in [1.29, 1.82) is 0 Å². The summed E-state index contributed by atoms with van der Waals surface area (Å²) in [6, 6.07) is 8.33. The molecule has 21 heavy (non-hydrogen) atoms. The lowest BCUT2D eigenvalue weighted by Crippen LogP contribution is -2.37. The Kier molecular flexibility index (Phi) is 4.24. The number of H-pyrrole nitrogens is 1. The summed E-state index contributed by atoms with van der Waals surface area (Å²) in [6.45, 7) is 3.53. The van der Waals surface area contributed by atoms with Gasteiger partial charge in [0.05, 0.1) is 5.75 Å². The van der Waals surface area contributed by atoms with E-state index in [4.69, 9.17) is 0 Å². The van der Waals surface area contributed by atoms with Crippen molar-refractivity contribution in [3.05, 3.63) is 41.2 Å². The first-order chi connectivity index (χ1) is 10.3. The van der Waals surface area contributed by atoms with Gasteiger partial charge in [0.2, 0.25) is 11.1 Å². The van der Waals surface area contributed by atoms with E-state index < -0.39 is 0 Å². The third-order valence-electron chi connectivity index (χ3n) is 3.65. The second-order valence-electron chi connectivity index (χ2n) is 5.04. The predicted octanol–water partition coefficient (Wildman–Crippen LogP) is 2.04. The fraction of sp³-hybridized carbons (Fsp3) is 0.400. The van der Waals surface area contributed by atoms with Crippen LogP contribution >= 0.6 is 11.8 Å². The maximum atomic E-state index is 12.3. The van der Waals surface area contributed by atoms with Crippen LogP contribution in [0.1, 0.15) is 23.9 Å². The number of aromatic nitrogens is 3. The highest BCUT2D eigenvalue weighted by Gasteiger charge is 2.20. The lowest BCUT2D eigenvalue weighted by molar-refractivity contribution is -0.129. The van der Waals surface area contributed by atoms with Crippen LogP contribution < -0.4 is 0 Å². The molecule has 0 atom stereocenters. The number of amides is 1. The van der Waals surface area contributed by atoms with E-state index >= 15 is 0 Å². The Morgan fingerprint density at radius 1 is 1.38 bits per heavy atom. The number of fused-ring (bicyclic) bond motifs is 1. The Bertz CT molecular complexity index is 640. The van der Waals surface area contributed by atoms with Gasteiger partial charge in [-0.25, -0.2) is 4.98 Å². The van der Waals surface area contributed by atoms with E-state index in [9.17, 15) is 4.79 Å². The summed E-state index contributed by atoms with van der Waals surface area (Å²) in [4.78, 5) is 18.5. The summed E-state index contributed by atoms with van der Waals surface area (Å²) >= 11 is 1.40. The number of thioether (sulfide) groups is 1. The van der Waals surface area contributed by atoms with E-state index in [1.165, 1.54) is 22.9 Å². The van der Waals surface area contributed by atoms with Crippen LogP contribution in [-0.4, -0.2) is 38.3 Å².